The van der Waals surface area contributed by atoms with Crippen LogP contribution >= 0.6 is 23.5 Å². The predicted octanol–water partition coefficient (Wildman–Crippen LogP) is 2.50. The van der Waals surface area contributed by atoms with E-state index in [2.05, 4.69) is 6.07 Å². The Hall–Kier alpha value is -1.63. The number of ether oxygens (including phenoxy) is 3. The molecule has 1 aliphatic carbocycles. The summed E-state index contributed by atoms with van der Waals surface area (Å²) in [5, 5.41) is 9.92. The summed E-state index contributed by atoms with van der Waals surface area (Å²) in [6.07, 6.45) is 3.13. The first kappa shape index (κ1) is 21.1. The molecule has 0 aromatic carbocycles. The Labute approximate surface area is 173 Å². The maximum atomic E-state index is 13.1. The van der Waals surface area contributed by atoms with Gasteiger partial charge in [-0.2, -0.15) is 5.26 Å². The van der Waals surface area contributed by atoms with E-state index in [1.165, 1.54) is 37.7 Å². The van der Waals surface area contributed by atoms with E-state index in [0.717, 1.165) is 5.75 Å². The number of methoxy groups -OCH3 is 2. The first-order chi connectivity index (χ1) is 13.4. The summed E-state index contributed by atoms with van der Waals surface area (Å²) in [4.78, 5) is 27.9. The quantitative estimate of drug-likeness (QED) is 0.471. The number of hydrogen-bond acceptors (Lipinski definition) is 9. The van der Waals surface area contributed by atoms with Crippen LogP contribution in [0.15, 0.2) is 22.1 Å². The van der Waals surface area contributed by atoms with E-state index in [4.69, 9.17) is 14.2 Å². The molecule has 3 heterocycles. The van der Waals surface area contributed by atoms with E-state index in [9.17, 15) is 14.9 Å². The van der Waals surface area contributed by atoms with Gasteiger partial charge in [0.25, 0.3) is 0 Å². The molecule has 4 rings (SSSR count). The number of rotatable bonds is 6. The molecular weight excluding hydrogens is 400 g/mol. The summed E-state index contributed by atoms with van der Waals surface area (Å²) < 4.78 is 15.9. The second kappa shape index (κ2) is 8.01. The topological polar surface area (TPSA) is 88.9 Å². The Morgan fingerprint density at radius 2 is 2.07 bits per heavy atom. The third kappa shape index (κ3) is 2.93. The van der Waals surface area contributed by atoms with Crippen molar-refractivity contribution in [2.45, 2.75) is 43.9 Å². The van der Waals surface area contributed by atoms with E-state index < -0.39 is 40.8 Å². The molecule has 0 N–H and O–H groups in total. The van der Waals surface area contributed by atoms with Crippen LogP contribution in [0.1, 0.15) is 20.8 Å². The fourth-order valence-electron chi connectivity index (χ4n) is 4.23. The number of nitrogens with zero attached hydrogens (tertiary/aromatic N) is 2. The number of piperidine rings is 1. The van der Waals surface area contributed by atoms with E-state index in [1.807, 2.05) is 37.8 Å². The molecule has 5 atom stereocenters. The van der Waals surface area contributed by atoms with Gasteiger partial charge in [0.2, 0.25) is 0 Å². The van der Waals surface area contributed by atoms with Gasteiger partial charge in [0, 0.05) is 5.92 Å². The molecule has 4 bridgehead atoms. The van der Waals surface area contributed by atoms with Gasteiger partial charge < -0.3 is 19.1 Å². The molecule has 0 amide bonds. The van der Waals surface area contributed by atoms with Crippen LogP contribution in [0.2, 0.25) is 0 Å². The van der Waals surface area contributed by atoms with Crippen molar-refractivity contribution < 1.29 is 23.8 Å². The molecule has 0 saturated carbocycles. The number of thioether (sulfide) groups is 2. The fraction of sp³-hybridized carbons (Fsp3) is 0.632. The van der Waals surface area contributed by atoms with Gasteiger partial charge in [-0.1, -0.05) is 30.8 Å². The number of hydrogen-bond donors (Lipinski definition) is 0. The van der Waals surface area contributed by atoms with Crippen molar-refractivity contribution in [1.29, 1.82) is 5.26 Å². The highest BCUT2D eigenvalue weighted by molar-refractivity contribution is 8.23. The zero-order valence-corrected chi connectivity index (χ0v) is 18.1. The molecule has 3 aliphatic heterocycles. The lowest BCUT2D eigenvalue weighted by Gasteiger charge is -2.61. The second-order valence-corrected chi connectivity index (χ2v) is 9.78. The lowest BCUT2D eigenvalue weighted by molar-refractivity contribution is -0.187. The van der Waals surface area contributed by atoms with Crippen LogP contribution < -0.4 is 0 Å². The average molecular weight is 425 g/mol. The minimum atomic E-state index is -1.23. The van der Waals surface area contributed by atoms with Crippen molar-refractivity contribution in [2.24, 2.45) is 11.8 Å². The Bertz CT molecular complexity index is 775. The number of allylic oxidation sites excluding steroid dienone is 1. The highest BCUT2D eigenvalue weighted by Gasteiger charge is 2.70. The molecule has 0 aromatic heterocycles. The van der Waals surface area contributed by atoms with E-state index in [1.54, 1.807) is 0 Å². The first-order valence-electron chi connectivity index (χ1n) is 9.11. The van der Waals surface area contributed by atoms with Crippen LogP contribution in [0, 0.1) is 23.2 Å². The molecule has 5 unspecified atom stereocenters. The van der Waals surface area contributed by atoms with Crippen molar-refractivity contribution in [3.63, 3.8) is 0 Å². The monoisotopic (exact) mass is 424 g/mol. The fourth-order valence-corrected chi connectivity index (χ4v) is 7.20. The number of carbonyl (C=O) groups is 2. The van der Waals surface area contributed by atoms with Gasteiger partial charge in [-0.3, -0.25) is 9.59 Å². The smallest absolute Gasteiger partial charge is 0.325 e. The molecular formula is C19H24N2O5S2. The van der Waals surface area contributed by atoms with Crippen molar-refractivity contribution in [3.05, 3.63) is 22.1 Å². The van der Waals surface area contributed by atoms with Crippen LogP contribution in [-0.2, 0) is 23.8 Å². The lowest BCUT2D eigenvalue weighted by atomic mass is 9.66. The molecule has 4 aliphatic rings. The average Bonchev–Trinajstić information content (AvgIpc) is 2.68. The maximum Gasteiger partial charge on any atom is 0.325 e. The Morgan fingerprint density at radius 3 is 2.61 bits per heavy atom. The zero-order chi connectivity index (χ0) is 20.6. The number of esters is 2. The third-order valence-electron chi connectivity index (χ3n) is 5.17. The van der Waals surface area contributed by atoms with Crippen molar-refractivity contribution in [3.8, 4) is 6.07 Å². The van der Waals surface area contributed by atoms with Crippen molar-refractivity contribution in [1.82, 2.24) is 4.90 Å². The minimum absolute atomic E-state index is 0.125. The molecule has 0 radical (unpaired) electrons. The molecule has 1 saturated heterocycles. The van der Waals surface area contributed by atoms with Crippen molar-refractivity contribution >= 4 is 35.5 Å². The molecule has 28 heavy (non-hydrogen) atoms. The van der Waals surface area contributed by atoms with Crippen LogP contribution in [0.25, 0.3) is 0 Å². The van der Waals surface area contributed by atoms with E-state index in [-0.39, 0.29) is 6.10 Å². The standard InChI is InChI=1S/C19H24N2O5S2/c1-6-27-17-12(9-20)21-13-8-7-11(15(21)26-10(2)3)14(16(22)24-4)19(13,28-17)18(23)25-5/h7-8,10-11,13-15H,6H2,1-5H3. The van der Waals surface area contributed by atoms with Gasteiger partial charge in [-0.15, -0.1) is 11.8 Å². The minimum Gasteiger partial charge on any atom is -0.469 e. The Kier molecular flexibility index (Phi) is 6.03. The van der Waals surface area contributed by atoms with Crippen LogP contribution in [0.4, 0.5) is 0 Å². The molecule has 152 valence electrons. The zero-order valence-electron chi connectivity index (χ0n) is 16.5. The Morgan fingerprint density at radius 1 is 1.36 bits per heavy atom. The lowest BCUT2D eigenvalue weighted by Crippen LogP contribution is -2.74. The van der Waals surface area contributed by atoms with Gasteiger partial charge in [-0.05, 0) is 19.6 Å². The number of nitriles is 1. The summed E-state index contributed by atoms with van der Waals surface area (Å²) in [5.41, 5.74) is 0.477. The highest BCUT2D eigenvalue weighted by Crippen LogP contribution is 2.61. The Balaban J connectivity index is 2.27. The highest BCUT2D eigenvalue weighted by atomic mass is 32.2. The summed E-state index contributed by atoms with van der Waals surface area (Å²) in [6.45, 7) is 5.79. The normalized spacial score (nSPS) is 33.1. The van der Waals surface area contributed by atoms with Gasteiger partial charge in [0.05, 0.1) is 36.5 Å². The summed E-state index contributed by atoms with van der Waals surface area (Å²) in [6, 6.07) is 1.75. The van der Waals surface area contributed by atoms with E-state index >= 15 is 0 Å². The second-order valence-electron chi connectivity index (χ2n) is 6.96. The van der Waals surface area contributed by atoms with Gasteiger partial charge >= 0.3 is 11.9 Å². The molecule has 0 spiro atoms. The van der Waals surface area contributed by atoms with Crippen molar-refractivity contribution in [2.75, 3.05) is 20.0 Å². The number of carbonyl (C=O) groups excluding carboxylic acids is 2. The predicted molar refractivity (Wildman–Crippen MR) is 107 cm³/mol. The molecule has 7 nitrogen and oxygen atoms in total. The van der Waals surface area contributed by atoms with Crippen LogP contribution in [0.5, 0.6) is 0 Å². The van der Waals surface area contributed by atoms with E-state index in [0.29, 0.717) is 9.93 Å². The largest absolute Gasteiger partial charge is 0.469 e. The molecule has 0 aromatic rings. The van der Waals surface area contributed by atoms with Gasteiger partial charge in [-0.25, -0.2) is 0 Å². The molecule has 1 fully saturated rings. The first-order valence-corrected chi connectivity index (χ1v) is 10.9. The van der Waals surface area contributed by atoms with Gasteiger partial charge in [0.15, 0.2) is 4.75 Å². The maximum absolute atomic E-state index is 13.1. The summed E-state index contributed by atoms with van der Waals surface area (Å²) >= 11 is 2.73. The summed E-state index contributed by atoms with van der Waals surface area (Å²) in [7, 11) is 2.64. The van der Waals surface area contributed by atoms with Gasteiger partial charge in [0.1, 0.15) is 18.0 Å². The SMILES string of the molecule is CCSC1=C(C#N)N2C(OC(C)C)C3C=CC2C(C(=O)OC)(S1)C3C(=O)OC. The molecule has 9 heteroatoms. The third-order valence-corrected chi connectivity index (χ3v) is 7.90. The summed E-state index contributed by atoms with van der Waals surface area (Å²) in [5.74, 6) is -1.47. The van der Waals surface area contributed by atoms with Crippen LogP contribution in [-0.4, -0.2) is 59.9 Å². The van der Waals surface area contributed by atoms with Crippen LogP contribution in [0.3, 0.4) is 0 Å².